The quantitative estimate of drug-likeness (QED) is 0.720. The molecule has 8 nitrogen and oxygen atoms in total. The standard InChI is InChI=1S/C18H20FN3O5S/c1-22(2)28(25,26)14-6-4-5-12(9-14)18(24)20-11-17(23)21-13-7-8-16(27-3)15(19)10-13/h4-10H,11H2,1-3H3,(H,20,24)(H,21,23). The Hall–Kier alpha value is -2.98. The molecule has 2 rings (SSSR count). The van der Waals surface area contributed by atoms with E-state index in [9.17, 15) is 22.4 Å². The number of nitrogens with zero attached hydrogens (tertiary/aromatic N) is 1. The summed E-state index contributed by atoms with van der Waals surface area (Å²) in [5, 5.41) is 4.83. The van der Waals surface area contributed by atoms with Crippen LogP contribution in [0.25, 0.3) is 0 Å². The Labute approximate surface area is 162 Å². The number of methoxy groups -OCH3 is 1. The van der Waals surface area contributed by atoms with Gasteiger partial charge in [-0.3, -0.25) is 9.59 Å². The van der Waals surface area contributed by atoms with E-state index in [1.54, 1.807) is 0 Å². The molecule has 2 amide bonds. The smallest absolute Gasteiger partial charge is 0.251 e. The van der Waals surface area contributed by atoms with Crippen LogP contribution in [-0.4, -0.2) is 52.3 Å². The Morgan fingerprint density at radius 3 is 2.46 bits per heavy atom. The topological polar surface area (TPSA) is 105 Å². The van der Waals surface area contributed by atoms with Crippen LogP contribution in [0.5, 0.6) is 5.75 Å². The fourth-order valence-electron chi connectivity index (χ4n) is 2.22. The molecule has 0 saturated carbocycles. The molecular weight excluding hydrogens is 389 g/mol. The summed E-state index contributed by atoms with van der Waals surface area (Å²) in [4.78, 5) is 24.1. The zero-order valence-corrected chi connectivity index (χ0v) is 16.3. The Bertz CT molecular complexity index is 992. The molecule has 0 heterocycles. The van der Waals surface area contributed by atoms with Crippen molar-refractivity contribution in [3.8, 4) is 5.75 Å². The van der Waals surface area contributed by atoms with E-state index in [-0.39, 0.29) is 28.4 Å². The van der Waals surface area contributed by atoms with Gasteiger partial charge in [0.2, 0.25) is 15.9 Å². The van der Waals surface area contributed by atoms with Crippen molar-refractivity contribution >= 4 is 27.5 Å². The molecular formula is C18H20FN3O5S. The van der Waals surface area contributed by atoms with E-state index in [2.05, 4.69) is 10.6 Å². The summed E-state index contributed by atoms with van der Waals surface area (Å²) in [5.74, 6) is -1.79. The van der Waals surface area contributed by atoms with Crippen LogP contribution in [0.3, 0.4) is 0 Å². The van der Waals surface area contributed by atoms with Gasteiger partial charge >= 0.3 is 0 Å². The first-order valence-electron chi connectivity index (χ1n) is 8.09. The molecule has 10 heteroatoms. The van der Waals surface area contributed by atoms with Gasteiger partial charge in [0.15, 0.2) is 11.6 Å². The second kappa shape index (κ2) is 8.81. The number of anilines is 1. The second-order valence-corrected chi connectivity index (χ2v) is 8.05. The largest absolute Gasteiger partial charge is 0.494 e. The van der Waals surface area contributed by atoms with Crippen molar-refractivity contribution in [3.05, 3.63) is 53.8 Å². The van der Waals surface area contributed by atoms with Gasteiger partial charge < -0.3 is 15.4 Å². The van der Waals surface area contributed by atoms with Crippen LogP contribution in [0.15, 0.2) is 47.4 Å². The summed E-state index contributed by atoms with van der Waals surface area (Å²) in [6.07, 6.45) is 0. The third kappa shape index (κ3) is 5.05. The maximum atomic E-state index is 13.6. The number of benzene rings is 2. The Morgan fingerprint density at radius 2 is 1.86 bits per heavy atom. The van der Waals surface area contributed by atoms with Gasteiger partial charge in [-0.2, -0.15) is 0 Å². The van der Waals surface area contributed by atoms with Crippen LogP contribution in [0.1, 0.15) is 10.4 Å². The number of hydrogen-bond donors (Lipinski definition) is 2. The Morgan fingerprint density at radius 1 is 1.14 bits per heavy atom. The molecule has 0 aromatic heterocycles. The van der Waals surface area contributed by atoms with Crippen molar-refractivity contribution in [2.45, 2.75) is 4.90 Å². The van der Waals surface area contributed by atoms with E-state index >= 15 is 0 Å². The first-order chi connectivity index (χ1) is 13.1. The van der Waals surface area contributed by atoms with E-state index < -0.39 is 27.7 Å². The first-order valence-corrected chi connectivity index (χ1v) is 9.53. The van der Waals surface area contributed by atoms with Crippen molar-refractivity contribution < 1.29 is 27.1 Å². The van der Waals surface area contributed by atoms with Gasteiger partial charge in [-0.05, 0) is 30.3 Å². The monoisotopic (exact) mass is 409 g/mol. The van der Waals surface area contributed by atoms with E-state index in [0.717, 1.165) is 10.4 Å². The van der Waals surface area contributed by atoms with Crippen LogP contribution in [-0.2, 0) is 14.8 Å². The van der Waals surface area contributed by atoms with Gasteiger partial charge in [0.05, 0.1) is 18.6 Å². The highest BCUT2D eigenvalue weighted by atomic mass is 32.2. The van der Waals surface area contributed by atoms with Crippen molar-refractivity contribution in [1.29, 1.82) is 0 Å². The van der Waals surface area contributed by atoms with Crippen molar-refractivity contribution in [1.82, 2.24) is 9.62 Å². The summed E-state index contributed by atoms with van der Waals surface area (Å²) < 4.78 is 43.7. The molecule has 0 unspecified atom stereocenters. The molecule has 150 valence electrons. The molecule has 0 aliphatic rings. The van der Waals surface area contributed by atoms with E-state index in [0.29, 0.717) is 0 Å². The van der Waals surface area contributed by atoms with Crippen molar-refractivity contribution in [2.75, 3.05) is 33.1 Å². The molecule has 2 N–H and O–H groups in total. The highest BCUT2D eigenvalue weighted by Crippen LogP contribution is 2.20. The number of carbonyl (C=O) groups is 2. The van der Waals surface area contributed by atoms with E-state index in [1.165, 1.54) is 57.6 Å². The Balaban J connectivity index is 2.00. The number of carbonyl (C=O) groups excluding carboxylic acids is 2. The van der Waals surface area contributed by atoms with Gasteiger partial charge in [0.25, 0.3) is 5.91 Å². The lowest BCUT2D eigenvalue weighted by Gasteiger charge is -2.12. The zero-order valence-electron chi connectivity index (χ0n) is 15.5. The molecule has 0 saturated heterocycles. The fraction of sp³-hybridized carbons (Fsp3) is 0.222. The van der Waals surface area contributed by atoms with Gasteiger partial charge in [-0.15, -0.1) is 0 Å². The number of rotatable bonds is 7. The van der Waals surface area contributed by atoms with Crippen molar-refractivity contribution in [2.24, 2.45) is 0 Å². The van der Waals surface area contributed by atoms with Crippen LogP contribution >= 0.6 is 0 Å². The lowest BCUT2D eigenvalue weighted by Crippen LogP contribution is -2.33. The van der Waals surface area contributed by atoms with Crippen LogP contribution in [0, 0.1) is 5.82 Å². The molecule has 2 aromatic rings. The SMILES string of the molecule is COc1ccc(NC(=O)CNC(=O)c2cccc(S(=O)(=O)N(C)C)c2)cc1F. The summed E-state index contributed by atoms with van der Waals surface area (Å²) in [6.45, 7) is -0.378. The third-order valence-corrected chi connectivity index (χ3v) is 5.53. The van der Waals surface area contributed by atoms with Gasteiger partial charge in [-0.1, -0.05) is 6.07 Å². The molecule has 0 bridgehead atoms. The maximum Gasteiger partial charge on any atom is 0.251 e. The number of sulfonamides is 1. The second-order valence-electron chi connectivity index (χ2n) is 5.90. The van der Waals surface area contributed by atoms with E-state index in [4.69, 9.17) is 4.74 Å². The molecule has 28 heavy (non-hydrogen) atoms. The lowest BCUT2D eigenvalue weighted by molar-refractivity contribution is -0.115. The zero-order chi connectivity index (χ0) is 20.9. The average Bonchev–Trinajstić information content (AvgIpc) is 2.66. The Kier molecular flexibility index (Phi) is 6.71. The number of nitrogens with one attached hydrogen (secondary N) is 2. The van der Waals surface area contributed by atoms with Crippen LogP contribution in [0.2, 0.25) is 0 Å². The number of hydrogen-bond acceptors (Lipinski definition) is 5. The molecule has 0 aliphatic heterocycles. The predicted molar refractivity (Wildman–Crippen MR) is 101 cm³/mol. The molecule has 0 fully saturated rings. The molecule has 0 aliphatic carbocycles. The molecule has 2 aromatic carbocycles. The van der Waals surface area contributed by atoms with Crippen LogP contribution in [0.4, 0.5) is 10.1 Å². The number of amides is 2. The first kappa shape index (κ1) is 21.3. The number of ether oxygens (including phenoxy) is 1. The summed E-state index contributed by atoms with van der Waals surface area (Å²) in [7, 11) is 0.405. The normalized spacial score (nSPS) is 11.2. The van der Waals surface area contributed by atoms with E-state index in [1.807, 2.05) is 0 Å². The number of halogens is 1. The summed E-state index contributed by atoms with van der Waals surface area (Å²) in [5.41, 5.74) is 0.294. The van der Waals surface area contributed by atoms with Gasteiger partial charge in [-0.25, -0.2) is 17.1 Å². The highest BCUT2D eigenvalue weighted by Gasteiger charge is 2.19. The average molecular weight is 409 g/mol. The molecule has 0 spiro atoms. The maximum absolute atomic E-state index is 13.6. The summed E-state index contributed by atoms with van der Waals surface area (Å²) >= 11 is 0. The van der Waals surface area contributed by atoms with Gasteiger partial charge in [0.1, 0.15) is 0 Å². The van der Waals surface area contributed by atoms with Gasteiger partial charge in [0, 0.05) is 31.4 Å². The fourth-order valence-corrected chi connectivity index (χ4v) is 3.17. The molecule has 0 radical (unpaired) electrons. The minimum atomic E-state index is -3.69. The van der Waals surface area contributed by atoms with Crippen molar-refractivity contribution in [3.63, 3.8) is 0 Å². The lowest BCUT2D eigenvalue weighted by atomic mass is 10.2. The molecule has 0 atom stereocenters. The highest BCUT2D eigenvalue weighted by molar-refractivity contribution is 7.89. The third-order valence-electron chi connectivity index (χ3n) is 3.72. The minimum absolute atomic E-state index is 0.0386. The van der Waals surface area contributed by atoms with Crippen LogP contribution < -0.4 is 15.4 Å². The summed E-state index contributed by atoms with van der Waals surface area (Å²) in [6, 6.07) is 9.37. The minimum Gasteiger partial charge on any atom is -0.494 e. The predicted octanol–water partition coefficient (Wildman–Crippen LogP) is 1.45.